The zero-order valence-electron chi connectivity index (χ0n) is 8.84. The first-order valence-corrected chi connectivity index (χ1v) is 4.17. The Hall–Kier alpha value is -1.59. The number of nitrogens with zero attached hydrogens (tertiary/aromatic N) is 1. The van der Waals surface area contributed by atoms with Gasteiger partial charge in [-0.25, -0.2) is 10.2 Å². The minimum absolute atomic E-state index is 0.225. The molecule has 0 bridgehead atoms. The van der Waals surface area contributed by atoms with Gasteiger partial charge in [0.1, 0.15) is 5.60 Å². The molecular formula is C8H16N4O2. The van der Waals surface area contributed by atoms with Crippen LogP contribution >= 0.6 is 0 Å². The van der Waals surface area contributed by atoms with E-state index in [0.29, 0.717) is 0 Å². The molecule has 0 aromatic carbocycles. The molecule has 0 heterocycles. The highest BCUT2D eigenvalue weighted by Crippen LogP contribution is 2.05. The minimum atomic E-state index is -0.679. The predicted molar refractivity (Wildman–Crippen MR) is 54.4 cm³/mol. The molecule has 0 aliphatic rings. The van der Waals surface area contributed by atoms with Crippen LogP contribution < -0.4 is 10.7 Å². The maximum absolute atomic E-state index is 11.1. The molecule has 0 saturated heterocycles. The molecule has 0 aromatic rings. The van der Waals surface area contributed by atoms with E-state index >= 15 is 0 Å². The second-order valence-electron chi connectivity index (χ2n) is 3.50. The van der Waals surface area contributed by atoms with Crippen LogP contribution in [-0.2, 0) is 4.74 Å². The minimum Gasteiger partial charge on any atom is -0.444 e. The lowest BCUT2D eigenvalue weighted by atomic mass is 10.2. The summed E-state index contributed by atoms with van der Waals surface area (Å²) in [7, 11) is 0. The Labute approximate surface area is 83.2 Å². The molecule has 1 amide bonds. The lowest BCUT2D eigenvalue weighted by Crippen LogP contribution is -2.41. The maximum atomic E-state index is 11.1. The van der Waals surface area contributed by atoms with Crippen LogP contribution in [0.3, 0.4) is 0 Å². The number of hydrogen-bond acceptors (Lipinski definition) is 4. The Kier molecular flexibility index (Phi) is 4.62. The second-order valence-corrected chi connectivity index (χ2v) is 3.50. The number of ether oxygens (including phenoxy) is 1. The predicted octanol–water partition coefficient (Wildman–Crippen LogP) is 1.04. The molecule has 6 heteroatoms. The first-order chi connectivity index (χ1) is 6.35. The highest BCUT2D eigenvalue weighted by molar-refractivity contribution is 5.92. The molecule has 0 fully saturated rings. The van der Waals surface area contributed by atoms with Crippen LogP contribution in [0.1, 0.15) is 27.7 Å². The first kappa shape index (κ1) is 12.4. The summed E-state index contributed by atoms with van der Waals surface area (Å²) < 4.78 is 4.91. The quantitative estimate of drug-likeness (QED) is 0.336. The summed E-state index contributed by atoms with van der Waals surface area (Å²) in [6.07, 6.45) is 0.784. The Balaban J connectivity index is 3.89. The Bertz CT molecular complexity index is 242. The third kappa shape index (κ3) is 7.08. The van der Waals surface area contributed by atoms with Crippen molar-refractivity contribution in [2.45, 2.75) is 33.3 Å². The average molecular weight is 200 g/mol. The number of hydrazone groups is 1. The number of amides is 1. The smallest absolute Gasteiger partial charge is 0.414 e. The number of guanidine groups is 1. The molecule has 0 saturated carbocycles. The molecular weight excluding hydrogens is 184 g/mol. The lowest BCUT2D eigenvalue weighted by molar-refractivity contribution is 0.0561. The number of nitrogens with one attached hydrogen (secondary N) is 3. The van der Waals surface area contributed by atoms with Gasteiger partial charge in [-0.15, -0.1) is 0 Å². The molecule has 0 rings (SSSR count). The molecule has 14 heavy (non-hydrogen) atoms. The number of carbonyl (C=O) groups excluding carboxylic acids is 1. The van der Waals surface area contributed by atoms with Gasteiger partial charge in [0.2, 0.25) is 5.96 Å². The third-order valence-electron chi connectivity index (χ3n) is 0.931. The summed E-state index contributed by atoms with van der Waals surface area (Å²) in [4.78, 5) is 11.1. The molecule has 0 aliphatic carbocycles. The molecule has 0 unspecified atom stereocenters. The molecule has 3 N–H and O–H groups in total. The fourth-order valence-electron chi connectivity index (χ4n) is 0.563. The van der Waals surface area contributed by atoms with Crippen LogP contribution in [0, 0.1) is 5.41 Å². The van der Waals surface area contributed by atoms with Gasteiger partial charge in [-0.3, -0.25) is 10.7 Å². The highest BCUT2D eigenvalue weighted by atomic mass is 16.6. The Morgan fingerprint density at radius 1 is 1.50 bits per heavy atom. The van der Waals surface area contributed by atoms with Crippen molar-refractivity contribution in [1.29, 1.82) is 5.41 Å². The lowest BCUT2D eigenvalue weighted by Gasteiger charge is -2.19. The molecule has 0 atom stereocenters. The maximum Gasteiger partial charge on any atom is 0.414 e. The SMILES string of the molecule is C/C=N/NC(=N)NC(=O)OC(C)(C)C. The van der Waals surface area contributed by atoms with Gasteiger partial charge in [-0.05, 0) is 27.7 Å². The molecule has 6 nitrogen and oxygen atoms in total. The van der Waals surface area contributed by atoms with Gasteiger partial charge in [0.05, 0.1) is 0 Å². The summed E-state index contributed by atoms with van der Waals surface area (Å²) >= 11 is 0. The average Bonchev–Trinajstić information content (AvgIpc) is 1.96. The first-order valence-electron chi connectivity index (χ1n) is 4.17. The van der Waals surface area contributed by atoms with Gasteiger partial charge in [0.15, 0.2) is 0 Å². The molecule has 0 radical (unpaired) electrons. The summed E-state index contributed by atoms with van der Waals surface area (Å²) in [5.41, 5.74) is 1.72. The van der Waals surface area contributed by atoms with E-state index in [-0.39, 0.29) is 5.96 Å². The number of alkyl carbamates (subject to hydrolysis) is 1. The van der Waals surface area contributed by atoms with Crippen molar-refractivity contribution in [2.24, 2.45) is 5.10 Å². The molecule has 0 aromatic heterocycles. The molecule has 80 valence electrons. The van der Waals surface area contributed by atoms with Crippen LogP contribution in [0.25, 0.3) is 0 Å². The highest BCUT2D eigenvalue weighted by Gasteiger charge is 2.16. The van der Waals surface area contributed by atoms with Crippen LogP contribution in [0.4, 0.5) is 4.79 Å². The van der Waals surface area contributed by atoms with Crippen molar-refractivity contribution < 1.29 is 9.53 Å². The largest absolute Gasteiger partial charge is 0.444 e. The van der Waals surface area contributed by atoms with Gasteiger partial charge in [0, 0.05) is 6.21 Å². The van der Waals surface area contributed by atoms with E-state index < -0.39 is 11.7 Å². The van der Waals surface area contributed by atoms with E-state index in [1.165, 1.54) is 6.21 Å². The van der Waals surface area contributed by atoms with E-state index in [2.05, 4.69) is 15.8 Å². The van der Waals surface area contributed by atoms with E-state index in [4.69, 9.17) is 10.1 Å². The third-order valence-corrected chi connectivity index (χ3v) is 0.931. The van der Waals surface area contributed by atoms with Gasteiger partial charge < -0.3 is 4.74 Å². The standard InChI is InChI=1S/C8H16N4O2/c1-5-10-12-6(9)11-7(13)14-8(2,3)4/h5H,1-4H3,(H3,9,11,12,13)/b10-5+. The fourth-order valence-corrected chi connectivity index (χ4v) is 0.563. The van der Waals surface area contributed by atoms with E-state index in [9.17, 15) is 4.79 Å². The van der Waals surface area contributed by atoms with Crippen LogP contribution in [0.2, 0.25) is 0 Å². The fraction of sp³-hybridized carbons (Fsp3) is 0.625. The Morgan fingerprint density at radius 3 is 2.50 bits per heavy atom. The van der Waals surface area contributed by atoms with Crippen LogP contribution in [0.5, 0.6) is 0 Å². The Morgan fingerprint density at radius 2 is 2.07 bits per heavy atom. The van der Waals surface area contributed by atoms with Gasteiger partial charge in [-0.1, -0.05) is 0 Å². The summed E-state index contributed by atoms with van der Waals surface area (Å²) in [5.74, 6) is -0.225. The van der Waals surface area contributed by atoms with Crippen molar-refractivity contribution in [3.63, 3.8) is 0 Å². The van der Waals surface area contributed by atoms with E-state index in [1.807, 2.05) is 0 Å². The summed E-state index contributed by atoms with van der Waals surface area (Å²) in [6, 6.07) is 0. The number of rotatable bonds is 1. The van der Waals surface area contributed by atoms with Crippen LogP contribution in [0.15, 0.2) is 5.10 Å². The summed E-state index contributed by atoms with van der Waals surface area (Å²) in [6.45, 7) is 6.92. The zero-order valence-corrected chi connectivity index (χ0v) is 8.84. The van der Waals surface area contributed by atoms with Crippen molar-refractivity contribution in [2.75, 3.05) is 0 Å². The molecule has 0 spiro atoms. The molecule has 0 aliphatic heterocycles. The van der Waals surface area contributed by atoms with E-state index in [1.54, 1.807) is 27.7 Å². The van der Waals surface area contributed by atoms with Crippen molar-refractivity contribution in [3.8, 4) is 0 Å². The van der Waals surface area contributed by atoms with Crippen molar-refractivity contribution in [3.05, 3.63) is 0 Å². The second kappa shape index (κ2) is 5.21. The monoisotopic (exact) mass is 200 g/mol. The topological polar surface area (TPSA) is 86.6 Å². The number of carbonyl (C=O) groups is 1. The van der Waals surface area contributed by atoms with Gasteiger partial charge >= 0.3 is 6.09 Å². The van der Waals surface area contributed by atoms with Crippen LogP contribution in [-0.4, -0.2) is 23.9 Å². The van der Waals surface area contributed by atoms with Gasteiger partial charge in [0.25, 0.3) is 0 Å². The van der Waals surface area contributed by atoms with Crippen molar-refractivity contribution >= 4 is 18.3 Å². The van der Waals surface area contributed by atoms with Crippen molar-refractivity contribution in [1.82, 2.24) is 10.7 Å². The zero-order chi connectivity index (χ0) is 11.2. The van der Waals surface area contributed by atoms with Gasteiger partial charge in [-0.2, -0.15) is 5.10 Å². The van der Waals surface area contributed by atoms with E-state index in [0.717, 1.165) is 0 Å². The number of hydrogen-bond donors (Lipinski definition) is 3. The summed E-state index contributed by atoms with van der Waals surface area (Å²) in [5, 5.41) is 12.9. The normalized spacial score (nSPS) is 11.1.